The number of aliphatic carboxylic acids is 1. The molecule has 0 spiro atoms. The first kappa shape index (κ1) is 56.2. The molecule has 29 nitrogen and oxygen atoms in total. The molecule has 3 unspecified atom stereocenters. The molecule has 0 radical (unpaired) electrons. The van der Waals surface area contributed by atoms with E-state index in [-0.39, 0.29) is 32.4 Å². The van der Waals surface area contributed by atoms with Crippen molar-refractivity contribution in [2.45, 2.75) is 139 Å². The summed E-state index contributed by atoms with van der Waals surface area (Å²) in [7, 11) is -11.4. The number of hydrogen-bond acceptors (Lipinski definition) is 22. The van der Waals surface area contributed by atoms with Gasteiger partial charge in [-0.2, -0.15) is 0 Å². The van der Waals surface area contributed by atoms with Crippen LogP contribution in [0.1, 0.15) is 59.8 Å². The van der Waals surface area contributed by atoms with Crippen LogP contribution in [0.2, 0.25) is 0 Å². The van der Waals surface area contributed by atoms with Crippen molar-refractivity contribution in [3.05, 3.63) is 10.4 Å². The maximum absolute atomic E-state index is 13.5. The molecule has 0 aromatic heterocycles. The van der Waals surface area contributed by atoms with Crippen molar-refractivity contribution in [2.75, 3.05) is 33.4 Å². The summed E-state index contributed by atoms with van der Waals surface area (Å²) in [5, 5.41) is 68.1. The predicted molar refractivity (Wildman–Crippen MR) is 206 cm³/mol. The third-order valence-corrected chi connectivity index (χ3v) is 13.7. The first-order valence-corrected chi connectivity index (χ1v) is 23.4. The first-order valence-electron chi connectivity index (χ1n) is 19.6. The fourth-order valence-electron chi connectivity index (χ4n) is 6.28. The number of carbonyl (C=O) groups excluding carboxylic acids is 6. The molecule has 366 valence electrons. The van der Waals surface area contributed by atoms with Gasteiger partial charge in [-0.15, -0.1) is 0 Å². The zero-order valence-electron chi connectivity index (χ0n) is 35.3. The van der Waals surface area contributed by atoms with E-state index in [4.69, 9.17) is 29.0 Å². The van der Waals surface area contributed by atoms with Crippen molar-refractivity contribution in [2.24, 2.45) is 5.11 Å². The molecule has 2 aliphatic heterocycles. The second-order valence-corrected chi connectivity index (χ2v) is 19.9. The largest absolute Gasteiger partial charge is 0.772 e. The molecule has 2 saturated heterocycles. The number of carboxylic acids is 1. The molecule has 5 amide bonds. The van der Waals surface area contributed by atoms with Crippen molar-refractivity contribution in [1.29, 1.82) is 0 Å². The number of carbonyl (C=O) groups is 6. The lowest BCUT2D eigenvalue weighted by Crippen LogP contribution is -2.70. The van der Waals surface area contributed by atoms with Crippen LogP contribution < -0.4 is 41.5 Å². The summed E-state index contributed by atoms with van der Waals surface area (Å²) < 4.78 is 57.2. The number of aliphatic hydroxyl groups is 4. The Kier molecular flexibility index (Phi) is 23.1. The van der Waals surface area contributed by atoms with Crippen molar-refractivity contribution in [1.82, 2.24) is 26.6 Å². The summed E-state index contributed by atoms with van der Waals surface area (Å²) in [6.45, 7) is 2.35. The van der Waals surface area contributed by atoms with Gasteiger partial charge >= 0.3 is 0 Å². The summed E-state index contributed by atoms with van der Waals surface area (Å²) in [4.78, 5) is 102. The molecular weight excluding hydrogens is 906 g/mol. The predicted octanol–water partition coefficient (Wildman–Crippen LogP) is -5.89. The van der Waals surface area contributed by atoms with Gasteiger partial charge in [0.15, 0.2) is 12.6 Å². The van der Waals surface area contributed by atoms with Gasteiger partial charge in [-0.05, 0) is 38.6 Å². The summed E-state index contributed by atoms with van der Waals surface area (Å²) in [5.41, 5.74) is 8.33. The third-order valence-electron chi connectivity index (χ3n) is 9.55. The van der Waals surface area contributed by atoms with Gasteiger partial charge in [-0.1, -0.05) is 11.5 Å². The van der Waals surface area contributed by atoms with Gasteiger partial charge in [0.25, 0.3) is 0 Å². The molecule has 0 saturated carbocycles. The second kappa shape index (κ2) is 26.3. The summed E-state index contributed by atoms with van der Waals surface area (Å²) in [6.07, 6.45) is -16.2. The lowest BCUT2D eigenvalue weighted by atomic mass is 9.94. The highest BCUT2D eigenvalue weighted by Gasteiger charge is 2.54. The zero-order chi connectivity index (χ0) is 48.5. The van der Waals surface area contributed by atoms with Crippen LogP contribution in [0.5, 0.6) is 0 Å². The summed E-state index contributed by atoms with van der Waals surface area (Å²) in [5.74, 6) is -5.71. The molecule has 31 heteroatoms. The van der Waals surface area contributed by atoms with Crippen LogP contribution in [-0.2, 0) is 65.9 Å². The standard InChI is InChI=1S/C33H58N8O21P2/c1-15(29(49)35-11-8-10-22(46)40-19(31(51)52)9-6-7-12-36-41-34)37-30(50)16(2)58-28-24(39-18(4)45)33(62-64(55,56)63(53,54)57-5)60-21(14-43)27(28)61-32-23(38-17(3)44)26(48)25(47)20(13-42)59-32/h15-16,19-21,23-28,32-33,42-43,47-48H,6-14H2,1-5H3,(H,35,49)(H,37,50)(H,38,44)(H,39,45)(H,40,46)(H,51,52)(H,53,54)(H,55,56)/p-3/t15-,16+,19-,20+,21+,23+,24+,25+,26+,27?,28+,32-,33+/m0/s1. The number of nitrogens with one attached hydrogen (secondary N) is 5. The normalized spacial score (nSPS) is 28.9. The summed E-state index contributed by atoms with van der Waals surface area (Å²) >= 11 is 0. The van der Waals surface area contributed by atoms with Gasteiger partial charge in [0, 0.05) is 45.4 Å². The molecule has 2 fully saturated rings. The van der Waals surface area contributed by atoms with Crippen molar-refractivity contribution < 1.29 is 101 Å². The van der Waals surface area contributed by atoms with E-state index in [0.717, 1.165) is 20.8 Å². The molecule has 2 rings (SSSR count). The van der Waals surface area contributed by atoms with Crippen molar-refractivity contribution >= 4 is 50.1 Å². The van der Waals surface area contributed by atoms with Crippen LogP contribution in [0, 0.1) is 0 Å². The van der Waals surface area contributed by atoms with Gasteiger partial charge in [-0.25, -0.2) is 0 Å². The Hall–Kier alpha value is -3.89. The number of carboxylic acid groups (broad SMARTS) is 1. The van der Waals surface area contributed by atoms with Crippen LogP contribution in [0.4, 0.5) is 0 Å². The van der Waals surface area contributed by atoms with Gasteiger partial charge in [0.1, 0.15) is 60.9 Å². The Bertz CT molecular complexity index is 1760. The molecule has 9 N–H and O–H groups in total. The number of ether oxygens (including phenoxy) is 4. The van der Waals surface area contributed by atoms with Gasteiger partial charge in [-0.3, -0.25) is 37.6 Å². The number of unbranched alkanes of at least 4 members (excludes halogenated alkanes) is 1. The highest BCUT2D eigenvalue weighted by molar-refractivity contribution is 8.25. The van der Waals surface area contributed by atoms with Gasteiger partial charge in [0.2, 0.25) is 44.1 Å². The van der Waals surface area contributed by atoms with Crippen molar-refractivity contribution in [3.63, 3.8) is 0 Å². The molecular formula is C33H55N8O21P2-3. The fourth-order valence-corrected chi connectivity index (χ4v) is 8.27. The van der Waals surface area contributed by atoms with Gasteiger partial charge < -0.3 is 90.2 Å². The molecule has 2 aliphatic rings. The number of rotatable bonds is 26. The number of aliphatic hydroxyl groups excluding tert-OH is 4. The Labute approximate surface area is 365 Å². The smallest absolute Gasteiger partial charge is 0.249 e. The van der Waals surface area contributed by atoms with E-state index < -0.39 is 143 Å². The Balaban J connectivity index is 2.32. The molecule has 0 bridgehead atoms. The number of hydrogen-bond donors (Lipinski definition) is 9. The quantitative estimate of drug-likeness (QED) is 0.0128. The first-order chi connectivity index (χ1) is 29.9. The van der Waals surface area contributed by atoms with Crippen LogP contribution >= 0.6 is 14.6 Å². The molecule has 0 aliphatic carbocycles. The number of azide groups is 1. The Morgan fingerprint density at radius 3 is 2.02 bits per heavy atom. The van der Waals surface area contributed by atoms with Crippen LogP contribution in [0.3, 0.4) is 0 Å². The van der Waals surface area contributed by atoms with Gasteiger partial charge in [0.05, 0.1) is 25.2 Å². The summed E-state index contributed by atoms with van der Waals surface area (Å²) in [6, 6.07) is -6.20. The molecule has 2 heterocycles. The third kappa shape index (κ3) is 16.5. The maximum atomic E-state index is 13.5. The maximum Gasteiger partial charge on any atom is 0.249 e. The highest BCUT2D eigenvalue weighted by Crippen LogP contribution is 2.72. The SMILES string of the molecule is COP(=O)([O-])P(=O)([O-])O[C@H]1O[C@H](CO)C(O[C@@H]2O[C@H](CO)[C@@H](O)[C@H](O)[C@H]2NC(C)=O)[C@H](O[C@H](C)C(=O)N[C@@H](C)C(=O)NCCCC(=O)N[C@@H](CCCCN=[N+]=[N-])C(=O)[O-])[C@H]1NC(C)=O. The molecule has 0 aromatic carbocycles. The van der Waals surface area contributed by atoms with E-state index in [2.05, 4.69) is 41.1 Å². The topological polar surface area (TPSA) is 451 Å². The lowest BCUT2D eigenvalue weighted by molar-refractivity contribution is -0.334. The van der Waals surface area contributed by atoms with E-state index in [9.17, 15) is 73.2 Å². The average molecular weight is 962 g/mol. The lowest BCUT2D eigenvalue weighted by Gasteiger charge is -2.50. The highest BCUT2D eigenvalue weighted by atomic mass is 32.1. The minimum atomic E-state index is -6.11. The Morgan fingerprint density at radius 1 is 0.844 bits per heavy atom. The van der Waals surface area contributed by atoms with E-state index in [1.54, 1.807) is 0 Å². The van der Waals surface area contributed by atoms with Crippen molar-refractivity contribution in [3.8, 4) is 0 Å². The van der Waals surface area contributed by atoms with E-state index in [1.165, 1.54) is 6.92 Å². The molecule has 0 aromatic rings. The zero-order valence-corrected chi connectivity index (χ0v) is 37.1. The minimum absolute atomic E-state index is 0.0208. The average Bonchev–Trinajstić information content (AvgIpc) is 3.22. The fraction of sp³-hybridized carbons (Fsp3) is 0.818. The number of nitrogens with zero attached hydrogens (tertiary/aromatic N) is 3. The van der Waals surface area contributed by atoms with E-state index >= 15 is 0 Å². The van der Waals surface area contributed by atoms with Crippen LogP contribution in [0.15, 0.2) is 5.11 Å². The van der Waals surface area contributed by atoms with Crippen LogP contribution in [-0.4, -0.2) is 169 Å². The molecule has 15 atom stereocenters. The monoisotopic (exact) mass is 961 g/mol. The van der Waals surface area contributed by atoms with Crippen LogP contribution in [0.25, 0.3) is 10.4 Å². The van der Waals surface area contributed by atoms with E-state index in [1.807, 2.05) is 0 Å². The minimum Gasteiger partial charge on any atom is -0.772 e. The van der Waals surface area contributed by atoms with E-state index in [0.29, 0.717) is 20.0 Å². The molecule has 64 heavy (non-hydrogen) atoms. The number of amides is 5. The second-order valence-electron chi connectivity index (χ2n) is 14.5. The Morgan fingerprint density at radius 2 is 1.45 bits per heavy atom.